The van der Waals surface area contributed by atoms with Gasteiger partial charge in [0.25, 0.3) is 0 Å². The smallest absolute Gasteiger partial charge is 0.135 e. The highest BCUT2D eigenvalue weighted by molar-refractivity contribution is 5.83. The van der Waals surface area contributed by atoms with Crippen molar-refractivity contribution in [3.63, 3.8) is 0 Å². The van der Waals surface area contributed by atoms with Gasteiger partial charge in [0, 0.05) is 18.1 Å². The summed E-state index contributed by atoms with van der Waals surface area (Å²) in [6, 6.07) is 16.0. The number of rotatable bonds is 4. The highest BCUT2D eigenvalue weighted by Gasteiger charge is 2.02. The summed E-state index contributed by atoms with van der Waals surface area (Å²) in [6.45, 7) is 0. The van der Waals surface area contributed by atoms with Crippen molar-refractivity contribution in [3.8, 4) is 5.75 Å². The molecule has 3 aromatic rings. The van der Waals surface area contributed by atoms with Gasteiger partial charge in [-0.05, 0) is 48.0 Å². The number of hydrogen-bond donors (Lipinski definition) is 1. The molecule has 0 saturated heterocycles. The summed E-state index contributed by atoms with van der Waals surface area (Å²) >= 11 is 0. The normalized spacial score (nSPS) is 11.1. The second-order valence-electron chi connectivity index (χ2n) is 4.76. The lowest BCUT2D eigenvalue weighted by molar-refractivity contribution is 0.415. The third-order valence-corrected chi connectivity index (χ3v) is 3.38. The average Bonchev–Trinajstić information content (AvgIpc) is 2.95. The van der Waals surface area contributed by atoms with E-state index in [4.69, 9.17) is 9.15 Å². The Morgan fingerprint density at radius 3 is 2.52 bits per heavy atom. The third kappa shape index (κ3) is 2.92. The first-order valence-corrected chi connectivity index (χ1v) is 6.82. The summed E-state index contributed by atoms with van der Waals surface area (Å²) < 4.78 is 11.0. The summed E-state index contributed by atoms with van der Waals surface area (Å²) in [5.41, 5.74) is 3.09. The summed E-state index contributed by atoms with van der Waals surface area (Å²) in [4.78, 5) is 0. The van der Waals surface area contributed by atoms with Crippen LogP contribution in [-0.2, 0) is 0 Å². The van der Waals surface area contributed by atoms with Gasteiger partial charge >= 0.3 is 0 Å². The Balaban J connectivity index is 1.84. The number of furan rings is 1. The Kier molecular flexibility index (Phi) is 3.65. The Labute approximate surface area is 123 Å². The molecule has 0 aliphatic rings. The van der Waals surface area contributed by atoms with E-state index in [0.717, 1.165) is 33.7 Å². The van der Waals surface area contributed by atoms with Crippen LogP contribution in [-0.4, -0.2) is 14.2 Å². The SMILES string of the molecule is CNc1ccc(/C=C/c2cc3cc(OC)ccc3o2)cc1. The Bertz CT molecular complexity index is 770. The molecule has 0 aliphatic heterocycles. The first kappa shape index (κ1) is 13.3. The van der Waals surface area contributed by atoms with E-state index in [-0.39, 0.29) is 0 Å². The van der Waals surface area contributed by atoms with Gasteiger partial charge in [0.1, 0.15) is 17.1 Å². The van der Waals surface area contributed by atoms with E-state index in [0.29, 0.717) is 0 Å². The molecular formula is C18H17NO2. The minimum Gasteiger partial charge on any atom is -0.497 e. The third-order valence-electron chi connectivity index (χ3n) is 3.38. The van der Waals surface area contributed by atoms with Gasteiger partial charge in [-0.1, -0.05) is 18.2 Å². The Hall–Kier alpha value is -2.68. The monoisotopic (exact) mass is 279 g/mol. The minimum absolute atomic E-state index is 0.830. The summed E-state index contributed by atoms with van der Waals surface area (Å²) in [7, 11) is 3.57. The maximum absolute atomic E-state index is 5.78. The zero-order valence-electron chi connectivity index (χ0n) is 12.1. The molecule has 106 valence electrons. The molecule has 1 heterocycles. The molecule has 3 heteroatoms. The van der Waals surface area contributed by atoms with Crippen molar-refractivity contribution >= 4 is 28.8 Å². The summed E-state index contributed by atoms with van der Waals surface area (Å²) in [5, 5.41) is 4.14. The second kappa shape index (κ2) is 5.75. The maximum Gasteiger partial charge on any atom is 0.135 e. The van der Waals surface area contributed by atoms with Crippen molar-refractivity contribution in [1.82, 2.24) is 0 Å². The highest BCUT2D eigenvalue weighted by Crippen LogP contribution is 2.25. The standard InChI is InChI=1S/C18H17NO2/c1-19-15-6-3-13(4-7-15)5-8-17-12-14-11-16(20-2)9-10-18(14)21-17/h3-12,19H,1-2H3/b8-5+. The molecule has 0 radical (unpaired) electrons. The van der Waals surface area contributed by atoms with Crippen molar-refractivity contribution in [3.05, 3.63) is 59.9 Å². The van der Waals surface area contributed by atoms with Crippen LogP contribution in [0, 0.1) is 0 Å². The molecule has 21 heavy (non-hydrogen) atoms. The second-order valence-corrected chi connectivity index (χ2v) is 4.76. The van der Waals surface area contributed by atoms with Crippen LogP contribution >= 0.6 is 0 Å². The van der Waals surface area contributed by atoms with Gasteiger partial charge in [-0.3, -0.25) is 0 Å². The van der Waals surface area contributed by atoms with Crippen LogP contribution in [0.1, 0.15) is 11.3 Å². The lowest BCUT2D eigenvalue weighted by Gasteiger charge is -1.98. The van der Waals surface area contributed by atoms with Gasteiger partial charge in [0.15, 0.2) is 0 Å². The first-order chi connectivity index (χ1) is 10.3. The predicted octanol–water partition coefficient (Wildman–Crippen LogP) is 4.65. The minimum atomic E-state index is 0.830. The van der Waals surface area contributed by atoms with Gasteiger partial charge in [-0.2, -0.15) is 0 Å². The number of methoxy groups -OCH3 is 1. The van der Waals surface area contributed by atoms with E-state index in [1.165, 1.54) is 0 Å². The molecule has 0 amide bonds. The zero-order valence-corrected chi connectivity index (χ0v) is 12.1. The molecule has 0 saturated carbocycles. The van der Waals surface area contributed by atoms with Gasteiger partial charge in [-0.15, -0.1) is 0 Å². The Morgan fingerprint density at radius 2 is 1.81 bits per heavy atom. The van der Waals surface area contributed by atoms with E-state index in [9.17, 15) is 0 Å². The van der Waals surface area contributed by atoms with Crippen LogP contribution < -0.4 is 10.1 Å². The molecule has 0 atom stereocenters. The van der Waals surface area contributed by atoms with E-state index >= 15 is 0 Å². The zero-order chi connectivity index (χ0) is 14.7. The molecule has 0 aliphatic carbocycles. The average molecular weight is 279 g/mol. The van der Waals surface area contributed by atoms with Crippen molar-refractivity contribution in [2.24, 2.45) is 0 Å². The van der Waals surface area contributed by atoms with Crippen molar-refractivity contribution < 1.29 is 9.15 Å². The number of nitrogens with one attached hydrogen (secondary N) is 1. The van der Waals surface area contributed by atoms with Gasteiger partial charge in [-0.25, -0.2) is 0 Å². The fourth-order valence-corrected chi connectivity index (χ4v) is 2.19. The molecule has 3 rings (SSSR count). The molecule has 0 unspecified atom stereocenters. The molecule has 2 aromatic carbocycles. The number of hydrogen-bond acceptors (Lipinski definition) is 3. The highest BCUT2D eigenvalue weighted by atomic mass is 16.5. The summed E-state index contributed by atoms with van der Waals surface area (Å²) in [5.74, 6) is 1.66. The van der Waals surface area contributed by atoms with Crippen molar-refractivity contribution in [1.29, 1.82) is 0 Å². The molecule has 1 aromatic heterocycles. The largest absolute Gasteiger partial charge is 0.497 e. The van der Waals surface area contributed by atoms with E-state index < -0.39 is 0 Å². The Morgan fingerprint density at radius 1 is 1.00 bits per heavy atom. The van der Waals surface area contributed by atoms with Crippen LogP contribution in [0.4, 0.5) is 5.69 Å². The predicted molar refractivity (Wildman–Crippen MR) is 87.7 cm³/mol. The molecule has 1 N–H and O–H groups in total. The number of ether oxygens (including phenoxy) is 1. The lowest BCUT2D eigenvalue weighted by Crippen LogP contribution is -1.86. The van der Waals surface area contributed by atoms with Crippen LogP contribution in [0.25, 0.3) is 23.1 Å². The maximum atomic E-state index is 5.78. The van der Waals surface area contributed by atoms with E-state index in [2.05, 4.69) is 17.4 Å². The van der Waals surface area contributed by atoms with Gasteiger partial charge in [0.2, 0.25) is 0 Å². The van der Waals surface area contributed by atoms with Crippen molar-refractivity contribution in [2.75, 3.05) is 19.5 Å². The fraction of sp³-hybridized carbons (Fsp3) is 0.111. The summed E-state index contributed by atoms with van der Waals surface area (Å²) in [6.07, 6.45) is 4.01. The molecular weight excluding hydrogens is 262 g/mol. The van der Waals surface area contributed by atoms with Gasteiger partial charge < -0.3 is 14.5 Å². The topological polar surface area (TPSA) is 34.4 Å². The van der Waals surface area contributed by atoms with E-state index in [1.54, 1.807) is 7.11 Å². The number of fused-ring (bicyclic) bond motifs is 1. The molecule has 0 spiro atoms. The van der Waals surface area contributed by atoms with Crippen molar-refractivity contribution in [2.45, 2.75) is 0 Å². The van der Waals surface area contributed by atoms with Crippen LogP contribution in [0.15, 0.2) is 52.9 Å². The fourth-order valence-electron chi connectivity index (χ4n) is 2.19. The van der Waals surface area contributed by atoms with Crippen LogP contribution in [0.2, 0.25) is 0 Å². The van der Waals surface area contributed by atoms with E-state index in [1.807, 2.05) is 55.6 Å². The van der Waals surface area contributed by atoms with Crippen LogP contribution in [0.3, 0.4) is 0 Å². The molecule has 0 fully saturated rings. The number of benzene rings is 2. The lowest BCUT2D eigenvalue weighted by atomic mass is 10.2. The molecule has 3 nitrogen and oxygen atoms in total. The number of anilines is 1. The first-order valence-electron chi connectivity index (χ1n) is 6.82. The van der Waals surface area contributed by atoms with Gasteiger partial charge in [0.05, 0.1) is 7.11 Å². The quantitative estimate of drug-likeness (QED) is 0.754. The molecule has 0 bridgehead atoms. The van der Waals surface area contributed by atoms with Crippen LogP contribution in [0.5, 0.6) is 5.75 Å².